The molecule has 0 radical (unpaired) electrons. The number of carbonyl (C=O) groups is 1. The normalized spacial score (nSPS) is 10.6. The number of hydrogen-bond acceptors (Lipinski definition) is 3. The first-order valence-electron chi connectivity index (χ1n) is 7.08. The van der Waals surface area contributed by atoms with Crippen molar-refractivity contribution in [1.29, 1.82) is 0 Å². The van der Waals surface area contributed by atoms with Crippen LogP contribution in [0.1, 0.15) is 21.5 Å². The highest BCUT2D eigenvalue weighted by atomic mass is 35.5. The number of benzene rings is 2. The van der Waals surface area contributed by atoms with Gasteiger partial charge in [-0.3, -0.25) is 4.79 Å². The second-order valence-corrected chi connectivity index (χ2v) is 5.71. The third-order valence-electron chi connectivity index (χ3n) is 3.50. The minimum absolute atomic E-state index is 0.189. The summed E-state index contributed by atoms with van der Waals surface area (Å²) in [4.78, 5) is 16.5. The first kappa shape index (κ1) is 15.2. The summed E-state index contributed by atoms with van der Waals surface area (Å²) in [5, 5.41) is 7.53. The molecule has 23 heavy (non-hydrogen) atoms. The highest BCUT2D eigenvalue weighted by Crippen LogP contribution is 2.25. The Morgan fingerprint density at radius 2 is 2.00 bits per heavy atom. The third kappa shape index (κ3) is 3.24. The van der Waals surface area contributed by atoms with Gasteiger partial charge in [0, 0.05) is 10.6 Å². The van der Waals surface area contributed by atoms with E-state index in [-0.39, 0.29) is 5.91 Å². The van der Waals surface area contributed by atoms with Crippen molar-refractivity contribution in [2.24, 2.45) is 0 Å². The minimum Gasteiger partial charge on any atom is -0.320 e. The van der Waals surface area contributed by atoms with E-state index >= 15 is 0 Å². The molecule has 5 nitrogen and oxygen atoms in total. The number of amides is 1. The molecule has 0 fully saturated rings. The molecule has 6 heteroatoms. The second-order valence-electron chi connectivity index (χ2n) is 5.27. The summed E-state index contributed by atoms with van der Waals surface area (Å²) in [6.45, 7) is 3.91. The van der Waals surface area contributed by atoms with E-state index in [1.54, 1.807) is 29.2 Å². The maximum Gasteiger partial charge on any atom is 0.255 e. The molecule has 0 unspecified atom stereocenters. The van der Waals surface area contributed by atoms with Gasteiger partial charge >= 0.3 is 0 Å². The Balaban J connectivity index is 1.96. The van der Waals surface area contributed by atoms with Crippen LogP contribution in [0.2, 0.25) is 5.02 Å². The molecule has 2 aromatic carbocycles. The quantitative estimate of drug-likeness (QED) is 0.796. The third-order valence-corrected chi connectivity index (χ3v) is 3.73. The van der Waals surface area contributed by atoms with Crippen LogP contribution < -0.4 is 5.32 Å². The number of aromatic nitrogens is 3. The van der Waals surface area contributed by atoms with Crippen LogP contribution in [0.5, 0.6) is 0 Å². The number of anilines is 1. The molecule has 3 aromatic rings. The number of carbonyl (C=O) groups excluding carboxylic acids is 1. The standard InChI is InChI=1S/C17H15ClN4O/c1-11-3-5-14(12(2)7-11)17(23)21-15-8-13(18)4-6-16(15)22-10-19-9-20-22/h3-10H,1-2H3,(H,21,23). The van der Waals surface area contributed by atoms with E-state index < -0.39 is 0 Å². The summed E-state index contributed by atoms with van der Waals surface area (Å²) in [7, 11) is 0. The molecule has 1 heterocycles. The van der Waals surface area contributed by atoms with Crippen molar-refractivity contribution >= 4 is 23.2 Å². The van der Waals surface area contributed by atoms with Crippen molar-refractivity contribution in [2.45, 2.75) is 13.8 Å². The fourth-order valence-corrected chi connectivity index (χ4v) is 2.57. The smallest absolute Gasteiger partial charge is 0.255 e. The Morgan fingerprint density at radius 1 is 1.17 bits per heavy atom. The van der Waals surface area contributed by atoms with Crippen molar-refractivity contribution in [3.8, 4) is 5.69 Å². The van der Waals surface area contributed by atoms with Crippen LogP contribution >= 0.6 is 11.6 Å². The molecule has 0 bridgehead atoms. The lowest BCUT2D eigenvalue weighted by atomic mass is 10.1. The number of halogens is 1. The summed E-state index contributed by atoms with van der Waals surface area (Å²) in [6.07, 6.45) is 3.00. The van der Waals surface area contributed by atoms with E-state index in [1.165, 1.54) is 6.33 Å². The topological polar surface area (TPSA) is 59.8 Å². The molecule has 1 aromatic heterocycles. The first-order chi connectivity index (χ1) is 11.0. The van der Waals surface area contributed by atoms with Crippen molar-refractivity contribution in [3.63, 3.8) is 0 Å². The van der Waals surface area contributed by atoms with Crippen LogP contribution in [-0.4, -0.2) is 20.7 Å². The van der Waals surface area contributed by atoms with Gasteiger partial charge in [0.25, 0.3) is 5.91 Å². The Labute approximate surface area is 138 Å². The predicted molar refractivity (Wildman–Crippen MR) is 90.2 cm³/mol. The largest absolute Gasteiger partial charge is 0.320 e. The SMILES string of the molecule is Cc1ccc(C(=O)Nc2cc(Cl)ccc2-n2cncn2)c(C)c1. The average Bonchev–Trinajstić information content (AvgIpc) is 3.01. The zero-order valence-corrected chi connectivity index (χ0v) is 13.5. The lowest BCUT2D eigenvalue weighted by Crippen LogP contribution is -2.15. The van der Waals surface area contributed by atoms with E-state index in [1.807, 2.05) is 32.0 Å². The fourth-order valence-electron chi connectivity index (χ4n) is 2.40. The van der Waals surface area contributed by atoms with Gasteiger partial charge in [-0.1, -0.05) is 29.3 Å². The van der Waals surface area contributed by atoms with Crippen LogP contribution in [0.4, 0.5) is 5.69 Å². The van der Waals surface area contributed by atoms with Crippen molar-refractivity contribution in [3.05, 3.63) is 70.8 Å². The number of nitrogens with one attached hydrogen (secondary N) is 1. The molecule has 116 valence electrons. The van der Waals surface area contributed by atoms with E-state index in [0.717, 1.165) is 11.1 Å². The lowest BCUT2D eigenvalue weighted by molar-refractivity contribution is 0.102. The molecular weight excluding hydrogens is 312 g/mol. The Bertz CT molecular complexity index is 859. The summed E-state index contributed by atoms with van der Waals surface area (Å²) < 4.78 is 1.58. The first-order valence-corrected chi connectivity index (χ1v) is 7.45. The summed E-state index contributed by atoms with van der Waals surface area (Å²) in [5.41, 5.74) is 3.94. The van der Waals surface area contributed by atoms with Gasteiger partial charge in [-0.05, 0) is 43.7 Å². The van der Waals surface area contributed by atoms with E-state index in [9.17, 15) is 4.79 Å². The maximum absolute atomic E-state index is 12.6. The summed E-state index contributed by atoms with van der Waals surface area (Å²) in [6, 6.07) is 10.9. The molecule has 3 rings (SSSR count). The van der Waals surface area contributed by atoms with E-state index in [4.69, 9.17) is 11.6 Å². The lowest BCUT2D eigenvalue weighted by Gasteiger charge is -2.12. The molecule has 1 N–H and O–H groups in total. The molecule has 0 spiro atoms. The molecule has 0 aliphatic carbocycles. The molecule has 0 aliphatic rings. The van der Waals surface area contributed by atoms with Crippen LogP contribution in [0.25, 0.3) is 5.69 Å². The van der Waals surface area contributed by atoms with Gasteiger partial charge in [0.05, 0.1) is 11.4 Å². The van der Waals surface area contributed by atoms with Crippen LogP contribution in [0.15, 0.2) is 49.1 Å². The number of hydrogen-bond donors (Lipinski definition) is 1. The van der Waals surface area contributed by atoms with Crippen LogP contribution in [-0.2, 0) is 0 Å². The Hall–Kier alpha value is -2.66. The average molecular weight is 327 g/mol. The fraction of sp³-hybridized carbons (Fsp3) is 0.118. The molecule has 0 aliphatic heterocycles. The van der Waals surface area contributed by atoms with Crippen LogP contribution in [0.3, 0.4) is 0 Å². The van der Waals surface area contributed by atoms with Gasteiger partial charge in [-0.15, -0.1) is 0 Å². The Morgan fingerprint density at radius 3 is 2.70 bits per heavy atom. The van der Waals surface area contributed by atoms with Gasteiger partial charge in [0.15, 0.2) is 0 Å². The van der Waals surface area contributed by atoms with Crippen molar-refractivity contribution < 1.29 is 4.79 Å². The highest BCUT2D eigenvalue weighted by molar-refractivity contribution is 6.31. The maximum atomic E-state index is 12.6. The Kier molecular flexibility index (Phi) is 4.12. The van der Waals surface area contributed by atoms with Crippen molar-refractivity contribution in [2.75, 3.05) is 5.32 Å². The number of nitrogens with zero attached hydrogens (tertiary/aromatic N) is 3. The van der Waals surface area contributed by atoms with Gasteiger partial charge in [0.2, 0.25) is 0 Å². The second kappa shape index (κ2) is 6.22. The van der Waals surface area contributed by atoms with Gasteiger partial charge in [-0.25, -0.2) is 9.67 Å². The van der Waals surface area contributed by atoms with Crippen molar-refractivity contribution in [1.82, 2.24) is 14.8 Å². The summed E-state index contributed by atoms with van der Waals surface area (Å²) in [5.74, 6) is -0.189. The minimum atomic E-state index is -0.189. The molecule has 0 atom stereocenters. The number of rotatable bonds is 3. The molecular formula is C17H15ClN4O. The highest BCUT2D eigenvalue weighted by Gasteiger charge is 2.13. The molecule has 0 saturated heterocycles. The monoisotopic (exact) mass is 326 g/mol. The molecule has 1 amide bonds. The zero-order chi connectivity index (χ0) is 16.4. The molecule has 0 saturated carbocycles. The van der Waals surface area contributed by atoms with E-state index in [2.05, 4.69) is 15.4 Å². The van der Waals surface area contributed by atoms with Gasteiger partial charge < -0.3 is 5.32 Å². The number of aryl methyl sites for hydroxylation is 2. The predicted octanol–water partition coefficient (Wildman–Crippen LogP) is 3.79. The van der Waals surface area contributed by atoms with Gasteiger partial charge in [0.1, 0.15) is 12.7 Å². The van der Waals surface area contributed by atoms with Gasteiger partial charge in [-0.2, -0.15) is 5.10 Å². The summed E-state index contributed by atoms with van der Waals surface area (Å²) >= 11 is 6.06. The van der Waals surface area contributed by atoms with E-state index in [0.29, 0.717) is 22.0 Å². The zero-order valence-electron chi connectivity index (χ0n) is 12.7. The van der Waals surface area contributed by atoms with Crippen LogP contribution in [0, 0.1) is 13.8 Å².